The van der Waals surface area contributed by atoms with E-state index in [0.717, 1.165) is 5.56 Å². The molecule has 0 unspecified atom stereocenters. The Morgan fingerprint density at radius 3 is 2.82 bits per heavy atom. The van der Waals surface area contributed by atoms with Gasteiger partial charge in [0.25, 0.3) is 0 Å². The highest BCUT2D eigenvalue weighted by molar-refractivity contribution is 5.85. The van der Waals surface area contributed by atoms with Crippen molar-refractivity contribution in [3.8, 4) is 5.75 Å². The number of para-hydroxylation sites is 1. The van der Waals surface area contributed by atoms with Crippen molar-refractivity contribution in [2.24, 2.45) is 0 Å². The molecule has 1 aromatic rings. The Balaban J connectivity index is 2.66. The lowest BCUT2D eigenvalue weighted by atomic mass is 10.2. The van der Waals surface area contributed by atoms with Crippen molar-refractivity contribution in [3.05, 3.63) is 42.5 Å². The van der Waals surface area contributed by atoms with Gasteiger partial charge in [-0.1, -0.05) is 24.3 Å². The summed E-state index contributed by atoms with van der Waals surface area (Å²) < 4.78 is 10.3. The second-order valence-corrected chi connectivity index (χ2v) is 3.26. The molecule has 0 fully saturated rings. The molecule has 4 heteroatoms. The average molecular weight is 234 g/mol. The van der Waals surface area contributed by atoms with Crippen LogP contribution >= 0.6 is 0 Å². The Bertz CT molecular complexity index is 398. The number of hydrogen-bond acceptors (Lipinski definition) is 4. The number of esters is 1. The van der Waals surface area contributed by atoms with Crippen LogP contribution in [0, 0.1) is 0 Å². The minimum atomic E-state index is -0.573. The van der Waals surface area contributed by atoms with E-state index in [9.17, 15) is 9.59 Å². The van der Waals surface area contributed by atoms with Crippen LogP contribution in [0.5, 0.6) is 5.75 Å². The lowest BCUT2D eigenvalue weighted by Crippen LogP contribution is -2.09. The van der Waals surface area contributed by atoms with Gasteiger partial charge in [0.05, 0.1) is 13.2 Å². The Morgan fingerprint density at radius 2 is 2.12 bits per heavy atom. The fourth-order valence-corrected chi connectivity index (χ4v) is 1.21. The van der Waals surface area contributed by atoms with Crippen molar-refractivity contribution in [3.63, 3.8) is 0 Å². The van der Waals surface area contributed by atoms with Crippen LogP contribution in [-0.2, 0) is 20.9 Å². The van der Waals surface area contributed by atoms with Gasteiger partial charge in [-0.2, -0.15) is 0 Å². The number of rotatable bonds is 7. The highest BCUT2D eigenvalue weighted by Gasteiger charge is 2.08. The van der Waals surface area contributed by atoms with Crippen molar-refractivity contribution in [2.75, 3.05) is 6.61 Å². The van der Waals surface area contributed by atoms with E-state index >= 15 is 0 Å². The molecule has 0 saturated heterocycles. The minimum absolute atomic E-state index is 0.248. The maximum Gasteiger partial charge on any atom is 0.318 e. The first-order chi connectivity index (χ1) is 8.27. The number of carbonyl (C=O) groups excluding carboxylic acids is 2. The van der Waals surface area contributed by atoms with Gasteiger partial charge in [-0.25, -0.2) is 0 Å². The number of ether oxygens (including phenoxy) is 2. The molecule has 0 bridgehead atoms. The predicted octanol–water partition coefficient (Wildman–Crippen LogP) is 1.88. The van der Waals surface area contributed by atoms with Gasteiger partial charge in [0, 0.05) is 5.56 Å². The SMILES string of the molecule is C=CCOCc1ccccc1OC(=O)CC=O. The number of carbonyl (C=O) groups is 2. The quantitative estimate of drug-likeness (QED) is 0.180. The Kier molecular flexibility index (Phi) is 5.68. The molecule has 0 amide bonds. The summed E-state index contributed by atoms with van der Waals surface area (Å²) in [6.45, 7) is 4.29. The smallest absolute Gasteiger partial charge is 0.318 e. The van der Waals surface area contributed by atoms with Crippen LogP contribution in [0.3, 0.4) is 0 Å². The Hall–Kier alpha value is -1.94. The van der Waals surface area contributed by atoms with E-state index in [1.807, 2.05) is 6.07 Å². The standard InChI is InChI=1S/C13H14O4/c1-2-9-16-10-11-5-3-4-6-12(11)17-13(15)7-8-14/h2-6,8H,1,7,9-10H2. The van der Waals surface area contributed by atoms with Crippen LogP contribution in [-0.4, -0.2) is 18.9 Å². The summed E-state index contributed by atoms with van der Waals surface area (Å²) in [5, 5.41) is 0. The molecule has 0 heterocycles. The second-order valence-electron chi connectivity index (χ2n) is 3.26. The highest BCUT2D eigenvalue weighted by Crippen LogP contribution is 2.19. The van der Waals surface area contributed by atoms with Crippen molar-refractivity contribution in [1.82, 2.24) is 0 Å². The lowest BCUT2D eigenvalue weighted by Gasteiger charge is -2.08. The molecule has 0 aliphatic heterocycles. The van der Waals surface area contributed by atoms with Crippen LogP contribution in [0.2, 0.25) is 0 Å². The van der Waals surface area contributed by atoms with E-state index in [1.54, 1.807) is 24.3 Å². The van der Waals surface area contributed by atoms with E-state index in [-0.39, 0.29) is 6.42 Å². The molecule has 4 nitrogen and oxygen atoms in total. The first-order valence-electron chi connectivity index (χ1n) is 5.18. The monoisotopic (exact) mass is 234 g/mol. The molecule has 0 saturated carbocycles. The summed E-state index contributed by atoms with van der Waals surface area (Å²) >= 11 is 0. The topological polar surface area (TPSA) is 52.6 Å². The summed E-state index contributed by atoms with van der Waals surface area (Å²) in [7, 11) is 0. The third-order valence-electron chi connectivity index (χ3n) is 1.94. The molecule has 90 valence electrons. The number of benzene rings is 1. The van der Waals surface area contributed by atoms with Crippen molar-refractivity contribution >= 4 is 12.3 Å². The van der Waals surface area contributed by atoms with Crippen molar-refractivity contribution < 1.29 is 19.1 Å². The molecule has 1 aromatic carbocycles. The van der Waals surface area contributed by atoms with Gasteiger partial charge in [-0.05, 0) is 6.07 Å². The van der Waals surface area contributed by atoms with Gasteiger partial charge < -0.3 is 14.3 Å². The Labute approximate surface area is 99.8 Å². The summed E-state index contributed by atoms with van der Waals surface area (Å²) in [6, 6.07) is 7.03. The van der Waals surface area contributed by atoms with Crippen LogP contribution in [0.25, 0.3) is 0 Å². The fourth-order valence-electron chi connectivity index (χ4n) is 1.21. The zero-order valence-corrected chi connectivity index (χ0v) is 9.43. The molecule has 17 heavy (non-hydrogen) atoms. The third kappa shape index (κ3) is 4.61. The van der Waals surface area contributed by atoms with Crippen molar-refractivity contribution in [1.29, 1.82) is 0 Å². The van der Waals surface area contributed by atoms with Gasteiger partial charge >= 0.3 is 5.97 Å². The molecular formula is C13H14O4. The molecule has 0 N–H and O–H groups in total. The molecule has 0 atom stereocenters. The van der Waals surface area contributed by atoms with E-state index in [0.29, 0.717) is 25.2 Å². The summed E-state index contributed by atoms with van der Waals surface area (Å²) in [5.41, 5.74) is 0.758. The predicted molar refractivity (Wildman–Crippen MR) is 62.6 cm³/mol. The van der Waals surface area contributed by atoms with Crippen LogP contribution in [0.1, 0.15) is 12.0 Å². The number of hydrogen-bond donors (Lipinski definition) is 0. The molecule has 0 radical (unpaired) electrons. The van der Waals surface area contributed by atoms with Gasteiger partial charge in [-0.3, -0.25) is 4.79 Å². The molecule has 0 aromatic heterocycles. The minimum Gasteiger partial charge on any atom is -0.426 e. The van der Waals surface area contributed by atoms with Gasteiger partial charge in [0.2, 0.25) is 0 Å². The lowest BCUT2D eigenvalue weighted by molar-refractivity contribution is -0.135. The summed E-state index contributed by atoms with van der Waals surface area (Å²) in [4.78, 5) is 21.3. The summed E-state index contributed by atoms with van der Waals surface area (Å²) in [5.74, 6) is -0.153. The van der Waals surface area contributed by atoms with Crippen LogP contribution in [0.4, 0.5) is 0 Å². The largest absolute Gasteiger partial charge is 0.426 e. The number of aldehydes is 1. The van der Waals surface area contributed by atoms with Crippen molar-refractivity contribution in [2.45, 2.75) is 13.0 Å². The maximum atomic E-state index is 11.2. The van der Waals surface area contributed by atoms with E-state index in [1.165, 1.54) is 0 Å². The van der Waals surface area contributed by atoms with E-state index in [2.05, 4.69) is 6.58 Å². The normalized spacial score (nSPS) is 9.65. The average Bonchev–Trinajstić information content (AvgIpc) is 2.32. The molecule has 1 rings (SSSR count). The second kappa shape index (κ2) is 7.35. The Morgan fingerprint density at radius 1 is 1.35 bits per heavy atom. The van der Waals surface area contributed by atoms with Crippen LogP contribution in [0.15, 0.2) is 36.9 Å². The van der Waals surface area contributed by atoms with Gasteiger partial charge in [0.1, 0.15) is 18.5 Å². The highest BCUT2D eigenvalue weighted by atomic mass is 16.5. The van der Waals surface area contributed by atoms with E-state index in [4.69, 9.17) is 9.47 Å². The molecular weight excluding hydrogens is 220 g/mol. The molecule has 0 aliphatic rings. The fraction of sp³-hybridized carbons (Fsp3) is 0.231. The first kappa shape index (κ1) is 13.1. The molecule has 0 aliphatic carbocycles. The summed E-state index contributed by atoms with van der Waals surface area (Å²) in [6.07, 6.45) is 1.90. The molecule has 0 spiro atoms. The third-order valence-corrected chi connectivity index (χ3v) is 1.94. The maximum absolute atomic E-state index is 11.2. The zero-order valence-electron chi connectivity index (χ0n) is 9.43. The van der Waals surface area contributed by atoms with Crippen LogP contribution < -0.4 is 4.74 Å². The van der Waals surface area contributed by atoms with Gasteiger partial charge in [0.15, 0.2) is 0 Å². The van der Waals surface area contributed by atoms with E-state index < -0.39 is 5.97 Å². The van der Waals surface area contributed by atoms with Gasteiger partial charge in [-0.15, -0.1) is 6.58 Å². The zero-order chi connectivity index (χ0) is 12.5. The first-order valence-corrected chi connectivity index (χ1v) is 5.18.